The lowest BCUT2D eigenvalue weighted by Gasteiger charge is -2.36. The van der Waals surface area contributed by atoms with Crippen molar-refractivity contribution in [2.45, 2.75) is 5.41 Å². The first-order valence-corrected chi connectivity index (χ1v) is 20.1. The van der Waals surface area contributed by atoms with Crippen molar-refractivity contribution in [3.8, 4) is 33.4 Å². The number of anilines is 3. The van der Waals surface area contributed by atoms with Crippen LogP contribution in [0.4, 0.5) is 17.1 Å². The summed E-state index contributed by atoms with van der Waals surface area (Å²) in [7, 11) is 0. The minimum Gasteiger partial charge on any atom is -0.310 e. The SMILES string of the molecule is c1ccc(N(c2ccc(-c3ccc4ccccc4c3)cc2)c2ccc(-c3ccc4ccccc4c3)c3c2-c2ccccc2C3(c2ccccc2)c2ccccc2)cc1. The zero-order valence-corrected chi connectivity index (χ0v) is 32.0. The van der Waals surface area contributed by atoms with E-state index in [9.17, 15) is 0 Å². The molecule has 0 spiro atoms. The number of para-hydroxylation sites is 1. The summed E-state index contributed by atoms with van der Waals surface area (Å²) in [5.41, 5.74) is 15.2. The van der Waals surface area contributed by atoms with Crippen LogP contribution in [0.5, 0.6) is 0 Å². The van der Waals surface area contributed by atoms with Crippen molar-refractivity contribution in [2.24, 2.45) is 0 Å². The van der Waals surface area contributed by atoms with E-state index in [1.807, 2.05) is 0 Å². The molecule has 0 atom stereocenters. The minimum absolute atomic E-state index is 0.590. The highest BCUT2D eigenvalue weighted by atomic mass is 15.1. The van der Waals surface area contributed by atoms with Crippen LogP contribution in [-0.4, -0.2) is 0 Å². The second-order valence-electron chi connectivity index (χ2n) is 15.3. The van der Waals surface area contributed by atoms with Crippen LogP contribution in [0.3, 0.4) is 0 Å². The lowest BCUT2D eigenvalue weighted by molar-refractivity contribution is 0.770. The summed E-state index contributed by atoms with van der Waals surface area (Å²) in [6.07, 6.45) is 0. The molecule has 0 heterocycles. The van der Waals surface area contributed by atoms with Gasteiger partial charge in [-0.3, -0.25) is 0 Å². The first-order valence-electron chi connectivity index (χ1n) is 20.1. The molecule has 0 N–H and O–H groups in total. The van der Waals surface area contributed by atoms with Crippen molar-refractivity contribution in [3.05, 3.63) is 259 Å². The van der Waals surface area contributed by atoms with Crippen LogP contribution in [0.25, 0.3) is 54.9 Å². The van der Waals surface area contributed by atoms with E-state index in [4.69, 9.17) is 0 Å². The van der Waals surface area contributed by atoms with Crippen LogP contribution in [0, 0.1) is 0 Å². The molecule has 1 heteroatoms. The van der Waals surface area contributed by atoms with Gasteiger partial charge in [0.05, 0.1) is 11.1 Å². The van der Waals surface area contributed by atoms with E-state index in [-0.39, 0.29) is 0 Å². The molecule has 1 aliphatic carbocycles. The van der Waals surface area contributed by atoms with Gasteiger partial charge < -0.3 is 4.90 Å². The first-order chi connectivity index (χ1) is 28.8. The molecule has 0 aliphatic heterocycles. The highest BCUT2D eigenvalue weighted by Gasteiger charge is 2.49. The topological polar surface area (TPSA) is 3.24 Å². The average molecular weight is 738 g/mol. The van der Waals surface area contributed by atoms with Crippen molar-refractivity contribution in [3.63, 3.8) is 0 Å². The van der Waals surface area contributed by atoms with Crippen LogP contribution in [0.15, 0.2) is 237 Å². The fourth-order valence-corrected chi connectivity index (χ4v) is 9.52. The highest BCUT2D eigenvalue weighted by Crippen LogP contribution is 2.62. The normalized spacial score (nSPS) is 12.6. The second-order valence-corrected chi connectivity index (χ2v) is 15.3. The predicted molar refractivity (Wildman–Crippen MR) is 244 cm³/mol. The van der Waals surface area contributed by atoms with Gasteiger partial charge >= 0.3 is 0 Å². The van der Waals surface area contributed by atoms with Crippen LogP contribution in [0.2, 0.25) is 0 Å². The molecule has 0 unspecified atom stereocenters. The van der Waals surface area contributed by atoms with Crippen molar-refractivity contribution < 1.29 is 0 Å². The van der Waals surface area contributed by atoms with Crippen LogP contribution < -0.4 is 4.90 Å². The number of fused-ring (bicyclic) bond motifs is 5. The van der Waals surface area contributed by atoms with E-state index in [2.05, 4.69) is 241 Å². The Morgan fingerprint density at radius 2 is 0.793 bits per heavy atom. The zero-order chi connectivity index (χ0) is 38.5. The molecule has 58 heavy (non-hydrogen) atoms. The predicted octanol–water partition coefficient (Wildman–Crippen LogP) is 15.2. The van der Waals surface area contributed by atoms with E-state index in [0.717, 1.165) is 17.1 Å². The second kappa shape index (κ2) is 13.9. The van der Waals surface area contributed by atoms with E-state index >= 15 is 0 Å². The summed E-state index contributed by atoms with van der Waals surface area (Å²) in [5, 5.41) is 4.97. The molecule has 0 saturated carbocycles. The van der Waals surface area contributed by atoms with Gasteiger partial charge in [0, 0.05) is 16.9 Å². The fourth-order valence-electron chi connectivity index (χ4n) is 9.52. The minimum atomic E-state index is -0.590. The lowest BCUT2D eigenvalue weighted by atomic mass is 9.66. The third kappa shape index (κ3) is 5.39. The smallest absolute Gasteiger partial charge is 0.0720 e. The number of benzene rings is 10. The van der Waals surface area contributed by atoms with E-state index in [0.29, 0.717) is 0 Å². The molecule has 1 aliphatic rings. The van der Waals surface area contributed by atoms with Crippen LogP contribution >= 0.6 is 0 Å². The third-order valence-electron chi connectivity index (χ3n) is 12.1. The van der Waals surface area contributed by atoms with Gasteiger partial charge in [-0.1, -0.05) is 194 Å². The summed E-state index contributed by atoms with van der Waals surface area (Å²) >= 11 is 0. The highest BCUT2D eigenvalue weighted by molar-refractivity contribution is 6.02. The Hall–Kier alpha value is -7.48. The Morgan fingerprint density at radius 3 is 1.43 bits per heavy atom. The Morgan fingerprint density at radius 1 is 0.310 bits per heavy atom. The fraction of sp³-hybridized carbons (Fsp3) is 0.0175. The lowest BCUT2D eigenvalue weighted by Crippen LogP contribution is -2.29. The maximum absolute atomic E-state index is 2.45. The number of nitrogens with zero attached hydrogens (tertiary/aromatic N) is 1. The molecule has 11 rings (SSSR count). The van der Waals surface area contributed by atoms with E-state index in [1.165, 1.54) is 77.2 Å². The van der Waals surface area contributed by atoms with Gasteiger partial charge in [-0.15, -0.1) is 0 Å². The summed E-state index contributed by atoms with van der Waals surface area (Å²) in [4.78, 5) is 2.45. The Kier molecular flexibility index (Phi) is 8.12. The van der Waals surface area contributed by atoms with Crippen LogP contribution in [0.1, 0.15) is 22.3 Å². The summed E-state index contributed by atoms with van der Waals surface area (Å²) in [6, 6.07) is 87.0. The first kappa shape index (κ1) is 33.8. The number of hydrogen-bond acceptors (Lipinski definition) is 1. The molecule has 1 nitrogen and oxygen atoms in total. The maximum atomic E-state index is 2.45. The monoisotopic (exact) mass is 737 g/mol. The van der Waals surface area contributed by atoms with Crippen molar-refractivity contribution in [2.75, 3.05) is 4.90 Å². The number of rotatable bonds is 7. The van der Waals surface area contributed by atoms with Gasteiger partial charge in [-0.25, -0.2) is 0 Å². The van der Waals surface area contributed by atoms with Gasteiger partial charge in [0.2, 0.25) is 0 Å². The molecule has 0 saturated heterocycles. The van der Waals surface area contributed by atoms with Crippen molar-refractivity contribution in [1.82, 2.24) is 0 Å². The molecular weight excluding hydrogens is 699 g/mol. The molecule has 0 aromatic heterocycles. The quantitative estimate of drug-likeness (QED) is 0.157. The molecule has 10 aromatic rings. The van der Waals surface area contributed by atoms with Crippen molar-refractivity contribution in [1.29, 1.82) is 0 Å². The van der Waals surface area contributed by atoms with E-state index in [1.54, 1.807) is 0 Å². The largest absolute Gasteiger partial charge is 0.310 e. The molecule has 0 amide bonds. The van der Waals surface area contributed by atoms with E-state index < -0.39 is 5.41 Å². The summed E-state index contributed by atoms with van der Waals surface area (Å²) in [5.74, 6) is 0. The zero-order valence-electron chi connectivity index (χ0n) is 32.0. The number of hydrogen-bond donors (Lipinski definition) is 0. The van der Waals surface area contributed by atoms with Gasteiger partial charge in [0.1, 0.15) is 0 Å². The van der Waals surface area contributed by atoms with Crippen LogP contribution in [-0.2, 0) is 5.41 Å². The Labute approximate surface area is 339 Å². The van der Waals surface area contributed by atoms with Gasteiger partial charge in [0.15, 0.2) is 0 Å². The van der Waals surface area contributed by atoms with Crippen molar-refractivity contribution >= 4 is 38.6 Å². The molecule has 272 valence electrons. The molecular formula is C57H39N. The van der Waals surface area contributed by atoms with Gasteiger partial charge in [-0.2, -0.15) is 0 Å². The molecule has 0 bridgehead atoms. The maximum Gasteiger partial charge on any atom is 0.0720 e. The average Bonchev–Trinajstić information content (AvgIpc) is 3.62. The molecule has 0 radical (unpaired) electrons. The van der Waals surface area contributed by atoms with Gasteiger partial charge in [-0.05, 0) is 114 Å². The summed E-state index contributed by atoms with van der Waals surface area (Å²) < 4.78 is 0. The summed E-state index contributed by atoms with van der Waals surface area (Å²) in [6.45, 7) is 0. The molecule has 0 fully saturated rings. The third-order valence-corrected chi connectivity index (χ3v) is 12.1. The molecule has 10 aromatic carbocycles. The standard InChI is InChI=1S/C57H39N/c1-4-20-47(21-5-1)57(48-22-6-2-7-23-48)53-27-15-14-26-52(53)55-54(37-36-51(56(55)57)46-31-29-41-17-11-13-19-44(41)39-46)58(49-24-8-3-9-25-49)50-34-32-42(33-35-50)45-30-28-40-16-10-12-18-43(40)38-45/h1-39H. The Bertz CT molecular complexity index is 3050. The van der Waals surface area contributed by atoms with Gasteiger partial charge in [0.25, 0.3) is 0 Å². The Balaban J connectivity index is 1.21.